The van der Waals surface area contributed by atoms with Crippen LogP contribution in [-0.4, -0.2) is 23.3 Å². The predicted octanol–water partition coefficient (Wildman–Crippen LogP) is 1.86. The summed E-state index contributed by atoms with van der Waals surface area (Å²) in [6.07, 6.45) is 1.84. The van der Waals surface area contributed by atoms with Gasteiger partial charge in [-0.15, -0.1) is 0 Å². The van der Waals surface area contributed by atoms with Crippen molar-refractivity contribution in [3.8, 4) is 0 Å². The van der Waals surface area contributed by atoms with Gasteiger partial charge in [-0.1, -0.05) is 30.3 Å². The van der Waals surface area contributed by atoms with Crippen LogP contribution in [0.2, 0.25) is 0 Å². The first-order valence-corrected chi connectivity index (χ1v) is 5.53. The second kappa shape index (κ2) is 4.26. The van der Waals surface area contributed by atoms with Crippen molar-refractivity contribution in [2.45, 2.75) is 31.3 Å². The van der Waals surface area contributed by atoms with Gasteiger partial charge in [-0.2, -0.15) is 0 Å². The molecule has 1 saturated carbocycles. The molecule has 1 aromatic carbocycles. The average Bonchev–Trinajstić information content (AvgIpc) is 2.98. The molecule has 0 heterocycles. The number of hydrogen-bond acceptors (Lipinski definition) is 3. The van der Waals surface area contributed by atoms with E-state index in [9.17, 15) is 9.90 Å². The molecular formula is C13H16O3. The molecule has 1 atom stereocenters. The molecule has 1 N–H and O–H groups in total. The van der Waals surface area contributed by atoms with Gasteiger partial charge in [0.15, 0.2) is 0 Å². The van der Waals surface area contributed by atoms with E-state index in [0.717, 1.165) is 18.4 Å². The normalized spacial score (nSPS) is 18.9. The fraction of sp³-hybridized carbons (Fsp3) is 0.462. The molecule has 2 rings (SSSR count). The summed E-state index contributed by atoms with van der Waals surface area (Å²) in [5.74, 6) is -0.882. The number of carbonyl (C=O) groups excluding carboxylic acids is 1. The zero-order chi connectivity index (χ0) is 11.6. The van der Waals surface area contributed by atoms with Crippen LogP contribution in [0.25, 0.3) is 0 Å². The molecule has 0 amide bonds. The minimum Gasteiger partial charge on any atom is -0.459 e. The first-order chi connectivity index (χ1) is 7.64. The Labute approximate surface area is 95.0 Å². The van der Waals surface area contributed by atoms with Gasteiger partial charge >= 0.3 is 5.97 Å². The summed E-state index contributed by atoms with van der Waals surface area (Å²) in [6, 6.07) is 9.24. The molecule has 0 spiro atoms. The maximum absolute atomic E-state index is 11.8. The van der Waals surface area contributed by atoms with Crippen molar-refractivity contribution in [1.29, 1.82) is 0 Å². The number of benzene rings is 1. The molecule has 0 aromatic heterocycles. The number of aliphatic hydroxyl groups is 1. The van der Waals surface area contributed by atoms with Crippen molar-refractivity contribution in [1.82, 2.24) is 0 Å². The zero-order valence-corrected chi connectivity index (χ0v) is 9.35. The highest BCUT2D eigenvalue weighted by Crippen LogP contribution is 2.39. The van der Waals surface area contributed by atoms with Crippen LogP contribution in [0.15, 0.2) is 30.3 Å². The Bertz CT molecular complexity index is 368. The number of ether oxygens (including phenoxy) is 1. The first-order valence-electron chi connectivity index (χ1n) is 5.53. The number of rotatable bonds is 4. The minimum absolute atomic E-state index is 0.209. The third-order valence-electron chi connectivity index (χ3n) is 2.97. The van der Waals surface area contributed by atoms with E-state index in [2.05, 4.69) is 0 Å². The van der Waals surface area contributed by atoms with Gasteiger partial charge in [0, 0.05) is 0 Å². The fourth-order valence-corrected chi connectivity index (χ4v) is 1.59. The summed E-state index contributed by atoms with van der Waals surface area (Å²) in [5.41, 5.74) is 0.526. The zero-order valence-electron chi connectivity index (χ0n) is 9.35. The lowest BCUT2D eigenvalue weighted by molar-refractivity contribution is -0.153. The Morgan fingerprint density at radius 3 is 2.56 bits per heavy atom. The predicted molar refractivity (Wildman–Crippen MR) is 60.0 cm³/mol. The van der Waals surface area contributed by atoms with Crippen molar-refractivity contribution < 1.29 is 14.6 Å². The molecule has 1 fully saturated rings. The third kappa shape index (κ3) is 2.42. The van der Waals surface area contributed by atoms with Gasteiger partial charge in [-0.05, 0) is 25.3 Å². The molecule has 0 saturated heterocycles. The van der Waals surface area contributed by atoms with Crippen molar-refractivity contribution in [2.75, 3.05) is 6.61 Å². The van der Waals surface area contributed by atoms with Crippen LogP contribution in [-0.2, 0) is 9.53 Å². The lowest BCUT2D eigenvalue weighted by Gasteiger charge is -2.17. The van der Waals surface area contributed by atoms with Gasteiger partial charge in [0.25, 0.3) is 0 Å². The maximum Gasteiger partial charge on any atom is 0.316 e. The number of hydrogen-bond donors (Lipinski definition) is 1. The average molecular weight is 220 g/mol. The first kappa shape index (κ1) is 11.1. The Balaban J connectivity index is 2.07. The molecule has 16 heavy (non-hydrogen) atoms. The molecule has 0 aliphatic heterocycles. The molecule has 0 radical (unpaired) electrons. The van der Waals surface area contributed by atoms with E-state index in [1.807, 2.05) is 37.3 Å². The van der Waals surface area contributed by atoms with Crippen LogP contribution < -0.4 is 0 Å². The van der Waals surface area contributed by atoms with Crippen LogP contribution in [0.4, 0.5) is 0 Å². The summed E-state index contributed by atoms with van der Waals surface area (Å²) in [6.45, 7) is 1.71. The van der Waals surface area contributed by atoms with E-state index in [-0.39, 0.29) is 18.2 Å². The highest BCUT2D eigenvalue weighted by atomic mass is 16.6. The molecule has 1 aliphatic rings. The van der Waals surface area contributed by atoms with Gasteiger partial charge in [-0.25, -0.2) is 0 Å². The van der Waals surface area contributed by atoms with Gasteiger partial charge in [0.05, 0.1) is 6.61 Å². The second-order valence-electron chi connectivity index (χ2n) is 4.52. The maximum atomic E-state index is 11.8. The van der Waals surface area contributed by atoms with E-state index >= 15 is 0 Å². The highest BCUT2D eigenvalue weighted by Gasteiger charge is 2.43. The van der Waals surface area contributed by atoms with Gasteiger partial charge < -0.3 is 9.84 Å². The quantitative estimate of drug-likeness (QED) is 0.788. The van der Waals surface area contributed by atoms with E-state index < -0.39 is 5.92 Å². The van der Waals surface area contributed by atoms with Crippen LogP contribution in [0.3, 0.4) is 0 Å². The van der Waals surface area contributed by atoms with Crippen molar-refractivity contribution in [3.63, 3.8) is 0 Å². The van der Waals surface area contributed by atoms with Gasteiger partial charge in [-0.3, -0.25) is 4.79 Å². The Kier molecular flexibility index (Phi) is 2.97. The molecule has 86 valence electrons. The van der Waals surface area contributed by atoms with Crippen LogP contribution in [0.1, 0.15) is 31.2 Å². The number of esters is 1. The van der Waals surface area contributed by atoms with E-state index in [1.165, 1.54) is 0 Å². The SMILES string of the molecule is CC1(OC(=O)C(CO)c2ccccc2)CC1. The van der Waals surface area contributed by atoms with Crippen molar-refractivity contribution in [2.24, 2.45) is 0 Å². The van der Waals surface area contributed by atoms with Gasteiger partial charge in [0.1, 0.15) is 11.5 Å². The Morgan fingerprint density at radius 1 is 1.44 bits per heavy atom. The molecule has 1 unspecified atom stereocenters. The Morgan fingerprint density at radius 2 is 2.06 bits per heavy atom. The van der Waals surface area contributed by atoms with Crippen LogP contribution in [0.5, 0.6) is 0 Å². The molecule has 1 aliphatic carbocycles. The largest absolute Gasteiger partial charge is 0.459 e. The van der Waals surface area contributed by atoms with E-state index in [4.69, 9.17) is 4.74 Å². The summed E-state index contributed by atoms with van der Waals surface area (Å²) in [5, 5.41) is 9.27. The van der Waals surface area contributed by atoms with Crippen molar-refractivity contribution in [3.05, 3.63) is 35.9 Å². The molecular weight excluding hydrogens is 204 g/mol. The lowest BCUT2D eigenvalue weighted by Crippen LogP contribution is -2.24. The molecule has 1 aromatic rings. The summed E-state index contributed by atoms with van der Waals surface area (Å²) in [7, 11) is 0. The van der Waals surface area contributed by atoms with Crippen LogP contribution >= 0.6 is 0 Å². The molecule has 0 bridgehead atoms. The topological polar surface area (TPSA) is 46.5 Å². The summed E-state index contributed by atoms with van der Waals surface area (Å²) in [4.78, 5) is 11.8. The van der Waals surface area contributed by atoms with Gasteiger partial charge in [0.2, 0.25) is 0 Å². The highest BCUT2D eigenvalue weighted by molar-refractivity contribution is 5.78. The molecule has 3 nitrogen and oxygen atoms in total. The smallest absolute Gasteiger partial charge is 0.316 e. The molecule has 3 heteroatoms. The van der Waals surface area contributed by atoms with Crippen molar-refractivity contribution >= 4 is 5.97 Å². The third-order valence-corrected chi connectivity index (χ3v) is 2.97. The summed E-state index contributed by atoms with van der Waals surface area (Å²) < 4.78 is 5.36. The Hall–Kier alpha value is -1.35. The fourth-order valence-electron chi connectivity index (χ4n) is 1.59. The van der Waals surface area contributed by atoms with E-state index in [1.54, 1.807) is 0 Å². The monoisotopic (exact) mass is 220 g/mol. The standard InChI is InChI=1S/C13H16O3/c1-13(7-8-13)16-12(15)11(9-14)10-5-3-2-4-6-10/h2-6,11,14H,7-9H2,1H3. The second-order valence-corrected chi connectivity index (χ2v) is 4.52. The van der Waals surface area contributed by atoms with E-state index in [0.29, 0.717) is 0 Å². The minimum atomic E-state index is -0.557. The number of aliphatic hydroxyl groups excluding tert-OH is 1. The van der Waals surface area contributed by atoms with Crippen LogP contribution in [0, 0.1) is 0 Å². The number of carbonyl (C=O) groups is 1. The lowest BCUT2D eigenvalue weighted by atomic mass is 10.0. The summed E-state index contributed by atoms with van der Waals surface area (Å²) >= 11 is 0.